The number of carbonyl (C=O) groups is 1. The van der Waals surface area contributed by atoms with Gasteiger partial charge in [0.25, 0.3) is 10.9 Å². The van der Waals surface area contributed by atoms with E-state index in [0.29, 0.717) is 16.4 Å². The second kappa shape index (κ2) is 5.23. The molecule has 0 saturated carbocycles. The Balaban J connectivity index is 2.31. The van der Waals surface area contributed by atoms with Gasteiger partial charge in [0.05, 0.1) is 16.2 Å². The summed E-state index contributed by atoms with van der Waals surface area (Å²) in [4.78, 5) is 25.8. The monoisotopic (exact) mass is 278 g/mol. The van der Waals surface area contributed by atoms with Crippen LogP contribution in [0, 0.1) is 24.0 Å². The molecule has 0 radical (unpaired) electrons. The van der Waals surface area contributed by atoms with Crippen LogP contribution in [0.1, 0.15) is 21.8 Å². The van der Waals surface area contributed by atoms with Crippen molar-refractivity contribution in [2.75, 3.05) is 0 Å². The Morgan fingerprint density at radius 2 is 2.16 bits per heavy atom. The van der Waals surface area contributed by atoms with Gasteiger partial charge in [0.15, 0.2) is 6.29 Å². The fraction of sp³-hybridized carbons (Fsp3) is 0.167. The molecule has 0 unspecified atom stereocenters. The zero-order valence-corrected chi connectivity index (χ0v) is 11.1. The van der Waals surface area contributed by atoms with E-state index in [-0.39, 0.29) is 11.3 Å². The summed E-state index contributed by atoms with van der Waals surface area (Å²) < 4.78 is 5.40. The molecule has 2 aromatic rings. The van der Waals surface area contributed by atoms with Gasteiger partial charge in [0.1, 0.15) is 5.76 Å². The molecule has 2 rings (SSSR count). The highest BCUT2D eigenvalue weighted by molar-refractivity contribution is 7.99. The van der Waals surface area contributed by atoms with Crippen molar-refractivity contribution in [2.45, 2.75) is 24.0 Å². The molecule has 7 heteroatoms. The van der Waals surface area contributed by atoms with Gasteiger partial charge in [-0.3, -0.25) is 14.9 Å². The number of aldehydes is 1. The van der Waals surface area contributed by atoms with Crippen molar-refractivity contribution in [3.63, 3.8) is 0 Å². The molecule has 0 N–H and O–H groups in total. The van der Waals surface area contributed by atoms with Crippen LogP contribution in [0.25, 0.3) is 0 Å². The third-order valence-electron chi connectivity index (χ3n) is 2.54. The summed E-state index contributed by atoms with van der Waals surface area (Å²) >= 11 is 1.21. The molecule has 1 aromatic heterocycles. The van der Waals surface area contributed by atoms with Crippen LogP contribution in [0.5, 0.6) is 0 Å². The Hall–Kier alpha value is -2.15. The normalized spacial score (nSPS) is 10.4. The van der Waals surface area contributed by atoms with E-state index in [0.717, 1.165) is 11.5 Å². The van der Waals surface area contributed by atoms with Gasteiger partial charge >= 0.3 is 0 Å². The number of aryl methyl sites for hydroxylation is 2. The van der Waals surface area contributed by atoms with Crippen molar-refractivity contribution in [3.8, 4) is 0 Å². The SMILES string of the molecule is Cc1nc(Sc2ccc([N+](=O)[O-])c(C=O)c2)oc1C. The third kappa shape index (κ3) is 2.82. The van der Waals surface area contributed by atoms with E-state index in [2.05, 4.69) is 4.98 Å². The molecule has 0 atom stereocenters. The van der Waals surface area contributed by atoms with Gasteiger partial charge in [-0.25, -0.2) is 4.98 Å². The summed E-state index contributed by atoms with van der Waals surface area (Å²) in [5.74, 6) is 0.722. The molecule has 98 valence electrons. The van der Waals surface area contributed by atoms with Crippen LogP contribution in [0.3, 0.4) is 0 Å². The molecule has 0 saturated heterocycles. The predicted molar refractivity (Wildman–Crippen MR) is 68.6 cm³/mol. The maximum atomic E-state index is 10.8. The van der Waals surface area contributed by atoms with E-state index in [1.807, 2.05) is 6.92 Å². The van der Waals surface area contributed by atoms with Gasteiger partial charge in [0, 0.05) is 11.0 Å². The lowest BCUT2D eigenvalue weighted by Crippen LogP contribution is -1.94. The molecule has 19 heavy (non-hydrogen) atoms. The molecular formula is C12H10N2O4S. The van der Waals surface area contributed by atoms with Crippen LogP contribution in [0.4, 0.5) is 5.69 Å². The molecular weight excluding hydrogens is 268 g/mol. The first-order valence-corrected chi connectivity index (χ1v) is 6.18. The minimum absolute atomic E-state index is 0.0370. The summed E-state index contributed by atoms with van der Waals surface area (Å²) in [6.45, 7) is 3.63. The Morgan fingerprint density at radius 3 is 2.68 bits per heavy atom. The second-order valence-corrected chi connectivity index (χ2v) is 4.84. The molecule has 0 spiro atoms. The summed E-state index contributed by atoms with van der Waals surface area (Å²) in [6.07, 6.45) is 0.467. The van der Waals surface area contributed by atoms with Gasteiger partial charge in [-0.2, -0.15) is 0 Å². The Bertz CT molecular complexity index is 632. The van der Waals surface area contributed by atoms with Crippen LogP contribution in [-0.2, 0) is 0 Å². The minimum atomic E-state index is -0.586. The number of benzene rings is 1. The summed E-state index contributed by atoms with van der Waals surface area (Å²) in [5.41, 5.74) is 0.620. The molecule has 6 nitrogen and oxygen atoms in total. The molecule has 0 aliphatic heterocycles. The average Bonchev–Trinajstić information content (AvgIpc) is 2.67. The Labute approximate surface area is 113 Å². The molecule has 0 fully saturated rings. The highest BCUT2D eigenvalue weighted by atomic mass is 32.2. The van der Waals surface area contributed by atoms with E-state index in [1.165, 1.54) is 23.9 Å². The first-order valence-electron chi connectivity index (χ1n) is 5.36. The highest BCUT2D eigenvalue weighted by Gasteiger charge is 2.15. The minimum Gasteiger partial charge on any atom is -0.436 e. The van der Waals surface area contributed by atoms with Crippen LogP contribution in [0.2, 0.25) is 0 Å². The lowest BCUT2D eigenvalue weighted by Gasteiger charge is -1.99. The van der Waals surface area contributed by atoms with Crippen molar-refractivity contribution < 1.29 is 14.1 Å². The Morgan fingerprint density at radius 1 is 1.42 bits per heavy atom. The second-order valence-electron chi connectivity index (χ2n) is 3.82. The first-order chi connectivity index (χ1) is 9.01. The maximum absolute atomic E-state index is 10.8. The zero-order chi connectivity index (χ0) is 14.0. The summed E-state index contributed by atoms with van der Waals surface area (Å²) in [6, 6.07) is 4.31. The molecule has 0 aliphatic carbocycles. The third-order valence-corrected chi connectivity index (χ3v) is 3.38. The predicted octanol–water partition coefficient (Wildman–Crippen LogP) is 3.16. The number of rotatable bonds is 4. The number of carbonyl (C=O) groups excluding carboxylic acids is 1. The number of nitrogens with zero attached hydrogens (tertiary/aromatic N) is 2. The lowest BCUT2D eigenvalue weighted by molar-refractivity contribution is -0.385. The van der Waals surface area contributed by atoms with E-state index >= 15 is 0 Å². The van der Waals surface area contributed by atoms with Crippen molar-refractivity contribution in [2.24, 2.45) is 0 Å². The van der Waals surface area contributed by atoms with Gasteiger partial charge in [-0.1, -0.05) is 0 Å². The van der Waals surface area contributed by atoms with E-state index < -0.39 is 4.92 Å². The van der Waals surface area contributed by atoms with Crippen molar-refractivity contribution in [1.82, 2.24) is 4.98 Å². The average molecular weight is 278 g/mol. The van der Waals surface area contributed by atoms with E-state index in [9.17, 15) is 14.9 Å². The fourth-order valence-corrected chi connectivity index (χ4v) is 2.32. The van der Waals surface area contributed by atoms with Crippen molar-refractivity contribution in [3.05, 3.63) is 45.3 Å². The topological polar surface area (TPSA) is 86.2 Å². The van der Waals surface area contributed by atoms with Crippen molar-refractivity contribution >= 4 is 23.7 Å². The smallest absolute Gasteiger partial charge is 0.279 e. The van der Waals surface area contributed by atoms with Crippen LogP contribution >= 0.6 is 11.8 Å². The number of oxazole rings is 1. The van der Waals surface area contributed by atoms with E-state index in [4.69, 9.17) is 4.42 Å². The van der Waals surface area contributed by atoms with Crippen LogP contribution in [0.15, 0.2) is 32.7 Å². The number of hydrogen-bond acceptors (Lipinski definition) is 6. The van der Waals surface area contributed by atoms with Crippen LogP contribution < -0.4 is 0 Å². The van der Waals surface area contributed by atoms with Gasteiger partial charge < -0.3 is 4.42 Å². The summed E-state index contributed by atoms with van der Waals surface area (Å²) in [5, 5.41) is 11.2. The fourth-order valence-electron chi connectivity index (χ4n) is 1.44. The molecule has 0 aliphatic rings. The largest absolute Gasteiger partial charge is 0.436 e. The number of nitro groups is 1. The zero-order valence-electron chi connectivity index (χ0n) is 10.2. The highest BCUT2D eigenvalue weighted by Crippen LogP contribution is 2.31. The van der Waals surface area contributed by atoms with Gasteiger partial charge in [0.2, 0.25) is 0 Å². The van der Waals surface area contributed by atoms with E-state index in [1.54, 1.807) is 13.0 Å². The van der Waals surface area contributed by atoms with Gasteiger partial charge in [-0.05, 0) is 37.7 Å². The number of hydrogen-bond donors (Lipinski definition) is 0. The van der Waals surface area contributed by atoms with Gasteiger partial charge in [-0.15, -0.1) is 0 Å². The lowest BCUT2D eigenvalue weighted by atomic mass is 10.2. The summed E-state index contributed by atoms with van der Waals surface area (Å²) in [7, 11) is 0. The molecule has 1 heterocycles. The molecule has 1 aromatic carbocycles. The molecule has 0 amide bonds. The number of aromatic nitrogens is 1. The van der Waals surface area contributed by atoms with Crippen molar-refractivity contribution in [1.29, 1.82) is 0 Å². The quantitative estimate of drug-likeness (QED) is 0.485. The first kappa shape index (κ1) is 13.3. The number of nitro benzene ring substituents is 1. The molecule has 0 bridgehead atoms. The van der Waals surface area contributed by atoms with Crippen LogP contribution in [-0.4, -0.2) is 16.2 Å². The maximum Gasteiger partial charge on any atom is 0.279 e. The Kier molecular flexibility index (Phi) is 3.66. The standard InChI is InChI=1S/C12H10N2O4S/c1-7-8(2)18-12(13-7)19-10-3-4-11(14(16)17)9(5-10)6-15/h3-6H,1-2H3.